The second-order valence-corrected chi connectivity index (χ2v) is 7.15. The fourth-order valence-corrected chi connectivity index (χ4v) is 3.24. The maximum Gasteiger partial charge on any atom is 0.267 e. The number of hydrogen-bond donors (Lipinski definition) is 2. The van der Waals surface area contributed by atoms with Gasteiger partial charge in [-0.05, 0) is 42.3 Å². The van der Waals surface area contributed by atoms with Crippen molar-refractivity contribution in [2.75, 3.05) is 11.9 Å². The van der Waals surface area contributed by atoms with Crippen molar-refractivity contribution in [2.24, 2.45) is 7.05 Å². The molecule has 0 aliphatic rings. The number of nitrogens with one attached hydrogen (secondary N) is 2. The molecule has 156 valence electrons. The summed E-state index contributed by atoms with van der Waals surface area (Å²) >= 11 is 0. The molecular weight excluding hydrogens is 393 g/mol. The molecule has 31 heavy (non-hydrogen) atoms. The predicted molar refractivity (Wildman–Crippen MR) is 119 cm³/mol. The Morgan fingerprint density at radius 1 is 1.00 bits per heavy atom. The highest BCUT2D eigenvalue weighted by Gasteiger charge is 2.13. The van der Waals surface area contributed by atoms with Gasteiger partial charge in [-0.3, -0.25) is 4.79 Å². The maximum atomic E-state index is 13.3. The van der Waals surface area contributed by atoms with Crippen LogP contribution in [0.15, 0.2) is 79.3 Å². The zero-order valence-corrected chi connectivity index (χ0v) is 17.0. The van der Waals surface area contributed by atoms with E-state index in [1.165, 1.54) is 12.1 Å². The molecule has 0 spiro atoms. The van der Waals surface area contributed by atoms with Crippen LogP contribution < -0.4 is 10.6 Å². The molecule has 0 bridgehead atoms. The molecule has 0 saturated heterocycles. The SMILES string of the molecule is Cn1cc(-c2cnc(Nc3ccccc3)nc2)cc1C(=O)NCCc1cccc(F)c1. The van der Waals surface area contributed by atoms with Crippen LogP contribution in [0.2, 0.25) is 0 Å². The van der Waals surface area contributed by atoms with Crippen molar-refractivity contribution in [1.29, 1.82) is 0 Å². The molecule has 4 rings (SSSR count). The Kier molecular flexibility index (Phi) is 6.03. The fraction of sp³-hybridized carbons (Fsp3) is 0.125. The fourth-order valence-electron chi connectivity index (χ4n) is 3.24. The molecule has 0 fully saturated rings. The summed E-state index contributed by atoms with van der Waals surface area (Å²) < 4.78 is 15.0. The number of nitrogens with zero attached hydrogens (tertiary/aromatic N) is 3. The summed E-state index contributed by atoms with van der Waals surface area (Å²) in [6.07, 6.45) is 5.87. The number of carbonyl (C=O) groups is 1. The number of halogens is 1. The molecule has 6 nitrogen and oxygen atoms in total. The summed E-state index contributed by atoms with van der Waals surface area (Å²) in [7, 11) is 1.82. The average Bonchev–Trinajstić information content (AvgIpc) is 3.17. The Morgan fingerprint density at radius 3 is 2.52 bits per heavy atom. The first-order valence-electron chi connectivity index (χ1n) is 9.92. The summed E-state index contributed by atoms with van der Waals surface area (Å²) in [4.78, 5) is 21.3. The Morgan fingerprint density at radius 2 is 1.77 bits per heavy atom. The molecule has 0 atom stereocenters. The van der Waals surface area contributed by atoms with Crippen LogP contribution in [0.3, 0.4) is 0 Å². The standard InChI is InChI=1S/C24H22FN5O/c1-30-16-18(19-14-27-24(28-15-19)29-21-8-3-2-4-9-21)13-22(30)23(31)26-11-10-17-6-5-7-20(25)12-17/h2-9,12-16H,10-11H2,1H3,(H,26,31)(H,27,28,29). The molecular formula is C24H22FN5O. The average molecular weight is 415 g/mol. The van der Waals surface area contributed by atoms with Crippen molar-refractivity contribution in [3.63, 3.8) is 0 Å². The lowest BCUT2D eigenvalue weighted by molar-refractivity contribution is 0.0946. The lowest BCUT2D eigenvalue weighted by Gasteiger charge is -2.06. The van der Waals surface area contributed by atoms with E-state index in [9.17, 15) is 9.18 Å². The third-order valence-electron chi connectivity index (χ3n) is 4.84. The van der Waals surface area contributed by atoms with Crippen LogP contribution in [-0.2, 0) is 13.5 Å². The minimum absolute atomic E-state index is 0.187. The molecule has 2 aromatic heterocycles. The second kappa shape index (κ2) is 9.21. The van der Waals surface area contributed by atoms with Crippen LogP contribution >= 0.6 is 0 Å². The summed E-state index contributed by atoms with van der Waals surface area (Å²) in [5.74, 6) is 0.0396. The normalized spacial score (nSPS) is 10.6. The van der Waals surface area contributed by atoms with Gasteiger partial charge in [0.15, 0.2) is 0 Å². The first kappa shape index (κ1) is 20.3. The van der Waals surface area contributed by atoms with Gasteiger partial charge < -0.3 is 15.2 Å². The lowest BCUT2D eigenvalue weighted by Crippen LogP contribution is -2.27. The van der Waals surface area contributed by atoms with E-state index in [0.717, 1.165) is 22.4 Å². The van der Waals surface area contributed by atoms with Crippen LogP contribution in [0.4, 0.5) is 16.0 Å². The lowest BCUT2D eigenvalue weighted by atomic mass is 10.1. The Hall–Kier alpha value is -4.00. The van der Waals surface area contributed by atoms with Crippen LogP contribution in [0.1, 0.15) is 16.1 Å². The molecule has 0 aliphatic heterocycles. The van der Waals surface area contributed by atoms with Gasteiger partial charge in [-0.15, -0.1) is 0 Å². The van der Waals surface area contributed by atoms with Crippen molar-refractivity contribution < 1.29 is 9.18 Å². The smallest absolute Gasteiger partial charge is 0.267 e. The van der Waals surface area contributed by atoms with Gasteiger partial charge in [0.25, 0.3) is 5.91 Å². The van der Waals surface area contributed by atoms with Gasteiger partial charge in [-0.1, -0.05) is 30.3 Å². The number of carbonyl (C=O) groups excluding carboxylic acids is 1. The van der Waals surface area contributed by atoms with E-state index in [2.05, 4.69) is 20.6 Å². The van der Waals surface area contributed by atoms with E-state index in [1.807, 2.05) is 49.6 Å². The number of amides is 1. The zero-order valence-electron chi connectivity index (χ0n) is 17.0. The van der Waals surface area contributed by atoms with Gasteiger partial charge >= 0.3 is 0 Å². The van der Waals surface area contributed by atoms with Crippen LogP contribution in [0.5, 0.6) is 0 Å². The van der Waals surface area contributed by atoms with Crippen molar-refractivity contribution in [2.45, 2.75) is 6.42 Å². The quantitative estimate of drug-likeness (QED) is 0.471. The summed E-state index contributed by atoms with van der Waals surface area (Å²) in [5.41, 5.74) is 3.94. The minimum Gasteiger partial charge on any atom is -0.350 e. The Labute approximate surface area is 179 Å². The molecule has 2 heterocycles. The predicted octanol–water partition coefficient (Wildman–Crippen LogP) is 4.34. The summed E-state index contributed by atoms with van der Waals surface area (Å²) in [6, 6.07) is 17.9. The zero-order chi connectivity index (χ0) is 21.6. The van der Waals surface area contributed by atoms with E-state index in [0.29, 0.717) is 24.6 Å². The van der Waals surface area contributed by atoms with Gasteiger partial charge in [0.2, 0.25) is 5.95 Å². The first-order chi connectivity index (χ1) is 15.1. The minimum atomic E-state index is -0.275. The monoisotopic (exact) mass is 415 g/mol. The van der Waals surface area contributed by atoms with E-state index in [4.69, 9.17) is 0 Å². The Bertz CT molecular complexity index is 1170. The van der Waals surface area contributed by atoms with Crippen LogP contribution in [0.25, 0.3) is 11.1 Å². The second-order valence-electron chi connectivity index (χ2n) is 7.15. The Balaban J connectivity index is 1.39. The van der Waals surface area contributed by atoms with Crippen molar-refractivity contribution >= 4 is 17.5 Å². The largest absolute Gasteiger partial charge is 0.350 e. The molecule has 4 aromatic rings. The maximum absolute atomic E-state index is 13.3. The highest BCUT2D eigenvalue weighted by molar-refractivity contribution is 5.94. The molecule has 0 saturated carbocycles. The molecule has 1 amide bonds. The van der Waals surface area contributed by atoms with Gasteiger partial charge in [-0.2, -0.15) is 0 Å². The first-order valence-corrected chi connectivity index (χ1v) is 9.92. The van der Waals surface area contributed by atoms with Gasteiger partial charge in [0.05, 0.1) is 0 Å². The molecule has 0 aliphatic carbocycles. The van der Waals surface area contributed by atoms with E-state index in [1.54, 1.807) is 29.1 Å². The number of hydrogen-bond acceptors (Lipinski definition) is 4. The number of aryl methyl sites for hydroxylation is 1. The van der Waals surface area contributed by atoms with Crippen molar-refractivity contribution in [3.8, 4) is 11.1 Å². The third kappa shape index (κ3) is 5.14. The summed E-state index contributed by atoms with van der Waals surface area (Å²) in [5, 5.41) is 6.03. The van der Waals surface area contributed by atoms with E-state index in [-0.39, 0.29) is 11.7 Å². The highest BCUT2D eigenvalue weighted by Crippen LogP contribution is 2.22. The topological polar surface area (TPSA) is 71.8 Å². The van der Waals surface area contributed by atoms with Gasteiger partial charge in [0, 0.05) is 49.0 Å². The number of benzene rings is 2. The van der Waals surface area contributed by atoms with Gasteiger partial charge in [0.1, 0.15) is 11.5 Å². The van der Waals surface area contributed by atoms with Crippen molar-refractivity contribution in [3.05, 3.63) is 96.3 Å². The number of rotatable bonds is 7. The number of aromatic nitrogens is 3. The van der Waals surface area contributed by atoms with E-state index >= 15 is 0 Å². The van der Waals surface area contributed by atoms with Crippen LogP contribution in [-0.4, -0.2) is 27.0 Å². The molecule has 2 N–H and O–H groups in total. The van der Waals surface area contributed by atoms with E-state index < -0.39 is 0 Å². The number of para-hydroxylation sites is 1. The van der Waals surface area contributed by atoms with Gasteiger partial charge in [-0.25, -0.2) is 14.4 Å². The number of anilines is 2. The molecule has 0 radical (unpaired) electrons. The molecule has 0 unspecified atom stereocenters. The third-order valence-corrected chi connectivity index (χ3v) is 4.84. The highest BCUT2D eigenvalue weighted by atomic mass is 19.1. The molecule has 2 aromatic carbocycles. The molecule has 7 heteroatoms. The summed E-state index contributed by atoms with van der Waals surface area (Å²) in [6.45, 7) is 0.422. The van der Waals surface area contributed by atoms with Crippen LogP contribution in [0, 0.1) is 5.82 Å². The van der Waals surface area contributed by atoms with Crippen molar-refractivity contribution in [1.82, 2.24) is 19.9 Å².